The standard InChI is InChI=1S/C19H16BrN5O2/c1-11(9-25-10-21-15-4-2-3-5-16(15)25)18(26)24-23-17-13-8-12(20)6-7-14(13)22-19(17)27/h2-8,10-11,22,27H,9H2,1H3. The second kappa shape index (κ2) is 6.96. The number of nitrogens with zero attached hydrogens (tertiary/aromatic N) is 4. The summed E-state index contributed by atoms with van der Waals surface area (Å²) in [5, 5.41) is 18.6. The number of hydrogen-bond acceptors (Lipinski definition) is 4. The van der Waals surface area contributed by atoms with Crippen LogP contribution in [0.1, 0.15) is 6.92 Å². The first kappa shape index (κ1) is 17.4. The summed E-state index contributed by atoms with van der Waals surface area (Å²) < 4.78 is 2.77. The van der Waals surface area contributed by atoms with Gasteiger partial charge in [0.25, 0.3) is 5.91 Å². The summed E-state index contributed by atoms with van der Waals surface area (Å²) in [5.41, 5.74) is 2.82. The molecule has 0 aliphatic carbocycles. The number of fused-ring (bicyclic) bond motifs is 2. The molecule has 0 saturated heterocycles. The third kappa shape index (κ3) is 3.35. The van der Waals surface area contributed by atoms with Crippen molar-refractivity contribution in [3.63, 3.8) is 0 Å². The average Bonchev–Trinajstić information content (AvgIpc) is 3.20. The number of carbonyl (C=O) groups excluding carboxylic acids is 1. The highest BCUT2D eigenvalue weighted by Gasteiger charge is 2.16. The number of benzene rings is 2. The number of halogens is 1. The Bertz CT molecular complexity index is 1180. The molecule has 27 heavy (non-hydrogen) atoms. The van der Waals surface area contributed by atoms with Gasteiger partial charge >= 0.3 is 0 Å². The van der Waals surface area contributed by atoms with E-state index in [-0.39, 0.29) is 23.4 Å². The molecule has 0 aliphatic heterocycles. The Labute approximate surface area is 162 Å². The number of aromatic hydroxyl groups is 1. The second-order valence-electron chi connectivity index (χ2n) is 6.34. The van der Waals surface area contributed by atoms with Gasteiger partial charge in [0.2, 0.25) is 5.88 Å². The van der Waals surface area contributed by atoms with Crippen molar-refractivity contribution in [3.05, 3.63) is 53.3 Å². The highest BCUT2D eigenvalue weighted by atomic mass is 79.9. The van der Waals surface area contributed by atoms with Crippen molar-refractivity contribution in [3.8, 4) is 5.88 Å². The zero-order valence-corrected chi connectivity index (χ0v) is 16.0. The number of aromatic nitrogens is 3. The van der Waals surface area contributed by atoms with E-state index in [1.54, 1.807) is 13.3 Å². The van der Waals surface area contributed by atoms with Crippen molar-refractivity contribution in [2.75, 3.05) is 0 Å². The lowest BCUT2D eigenvalue weighted by atomic mass is 10.1. The maximum Gasteiger partial charge on any atom is 0.269 e. The number of amides is 1. The quantitative estimate of drug-likeness (QED) is 0.453. The number of rotatable bonds is 4. The molecule has 0 fully saturated rings. The Balaban J connectivity index is 1.55. The summed E-state index contributed by atoms with van der Waals surface area (Å²) in [5.74, 6) is -0.866. The maximum atomic E-state index is 12.4. The normalized spacial score (nSPS) is 13.0. The molecular weight excluding hydrogens is 410 g/mol. The predicted molar refractivity (Wildman–Crippen MR) is 106 cm³/mol. The zero-order valence-electron chi connectivity index (χ0n) is 14.4. The van der Waals surface area contributed by atoms with E-state index in [1.165, 1.54) is 0 Å². The van der Waals surface area contributed by atoms with E-state index >= 15 is 0 Å². The van der Waals surface area contributed by atoms with Crippen LogP contribution in [0.4, 0.5) is 5.69 Å². The van der Waals surface area contributed by atoms with Crippen LogP contribution >= 0.6 is 15.9 Å². The van der Waals surface area contributed by atoms with Gasteiger partial charge in [0.15, 0.2) is 5.69 Å². The van der Waals surface area contributed by atoms with Gasteiger partial charge in [-0.1, -0.05) is 35.0 Å². The molecule has 8 heteroatoms. The lowest BCUT2D eigenvalue weighted by Gasteiger charge is -2.08. The van der Waals surface area contributed by atoms with Crippen LogP contribution in [0, 0.1) is 5.92 Å². The fourth-order valence-electron chi connectivity index (χ4n) is 2.96. The summed E-state index contributed by atoms with van der Waals surface area (Å²) in [6.07, 6.45) is 1.72. The summed E-state index contributed by atoms with van der Waals surface area (Å²) in [4.78, 5) is 19.6. The first-order valence-corrected chi connectivity index (χ1v) is 9.18. The molecule has 2 N–H and O–H groups in total. The molecule has 1 unspecified atom stereocenters. The first-order valence-electron chi connectivity index (χ1n) is 8.38. The summed E-state index contributed by atoms with van der Waals surface area (Å²) >= 11 is 3.39. The highest BCUT2D eigenvalue weighted by Crippen LogP contribution is 2.36. The molecule has 136 valence electrons. The van der Waals surface area contributed by atoms with Gasteiger partial charge in [-0.05, 0) is 30.3 Å². The number of carbonyl (C=O) groups is 1. The average molecular weight is 426 g/mol. The third-order valence-corrected chi connectivity index (χ3v) is 4.88. The molecule has 2 heterocycles. The molecule has 7 nitrogen and oxygen atoms in total. The third-order valence-electron chi connectivity index (χ3n) is 4.38. The van der Waals surface area contributed by atoms with E-state index < -0.39 is 0 Å². The second-order valence-corrected chi connectivity index (χ2v) is 7.25. The zero-order chi connectivity index (χ0) is 19.0. The minimum atomic E-state index is -0.384. The fourth-order valence-corrected chi connectivity index (χ4v) is 3.32. The topological polar surface area (TPSA) is 95.6 Å². The number of para-hydroxylation sites is 2. The number of aromatic amines is 1. The fraction of sp³-hybridized carbons (Fsp3) is 0.158. The van der Waals surface area contributed by atoms with Crippen molar-refractivity contribution in [1.82, 2.24) is 14.5 Å². The SMILES string of the molecule is CC(Cn1cnc2ccccc21)C(=O)N=Nc1c(O)[nH]c2ccc(Br)cc12. The molecule has 0 saturated carbocycles. The highest BCUT2D eigenvalue weighted by molar-refractivity contribution is 9.10. The van der Waals surface area contributed by atoms with E-state index in [4.69, 9.17) is 0 Å². The van der Waals surface area contributed by atoms with Gasteiger partial charge in [0.1, 0.15) is 0 Å². The number of nitrogens with one attached hydrogen (secondary N) is 1. The van der Waals surface area contributed by atoms with Gasteiger partial charge in [0, 0.05) is 16.4 Å². The Morgan fingerprint density at radius 2 is 2.15 bits per heavy atom. The minimum absolute atomic E-state index is 0.118. The summed E-state index contributed by atoms with van der Waals surface area (Å²) in [6, 6.07) is 13.2. The van der Waals surface area contributed by atoms with Gasteiger partial charge in [-0.15, -0.1) is 10.2 Å². The van der Waals surface area contributed by atoms with Crippen molar-refractivity contribution in [1.29, 1.82) is 0 Å². The van der Waals surface area contributed by atoms with E-state index in [2.05, 4.69) is 36.1 Å². The summed E-state index contributed by atoms with van der Waals surface area (Å²) in [7, 11) is 0. The van der Waals surface area contributed by atoms with Gasteiger partial charge in [-0.2, -0.15) is 0 Å². The molecule has 0 bridgehead atoms. The monoisotopic (exact) mass is 425 g/mol. The molecule has 4 aromatic rings. The molecular formula is C19H16BrN5O2. The van der Waals surface area contributed by atoms with Crippen molar-refractivity contribution in [2.24, 2.45) is 16.1 Å². The van der Waals surface area contributed by atoms with Crippen molar-refractivity contribution >= 4 is 49.5 Å². The van der Waals surface area contributed by atoms with Crippen LogP contribution in [0.5, 0.6) is 5.88 Å². The number of imidazole rings is 1. The van der Waals surface area contributed by atoms with Crippen LogP contribution in [0.15, 0.2) is 63.5 Å². The van der Waals surface area contributed by atoms with E-state index in [0.29, 0.717) is 11.9 Å². The van der Waals surface area contributed by atoms with Crippen LogP contribution in [0.2, 0.25) is 0 Å². The van der Waals surface area contributed by atoms with E-state index in [0.717, 1.165) is 21.0 Å². The van der Waals surface area contributed by atoms with Gasteiger partial charge in [0.05, 0.1) is 28.8 Å². The summed E-state index contributed by atoms with van der Waals surface area (Å²) in [6.45, 7) is 2.24. The Kier molecular flexibility index (Phi) is 4.49. The molecule has 2 aromatic carbocycles. The predicted octanol–water partition coefficient (Wildman–Crippen LogP) is 4.93. The Morgan fingerprint density at radius 1 is 1.33 bits per heavy atom. The lowest BCUT2D eigenvalue weighted by molar-refractivity contribution is -0.121. The molecule has 4 rings (SSSR count). The molecule has 2 aromatic heterocycles. The molecule has 0 radical (unpaired) electrons. The Hall–Kier alpha value is -3.00. The number of hydrogen-bond donors (Lipinski definition) is 2. The van der Waals surface area contributed by atoms with Gasteiger partial charge < -0.3 is 14.7 Å². The molecule has 1 atom stereocenters. The van der Waals surface area contributed by atoms with Crippen LogP contribution in [0.25, 0.3) is 21.9 Å². The van der Waals surface area contributed by atoms with E-state index in [1.807, 2.05) is 47.0 Å². The Morgan fingerprint density at radius 3 is 3.00 bits per heavy atom. The number of H-pyrrole nitrogens is 1. The first-order chi connectivity index (χ1) is 13.0. The van der Waals surface area contributed by atoms with Crippen molar-refractivity contribution < 1.29 is 9.90 Å². The maximum absolute atomic E-state index is 12.4. The number of azo groups is 1. The van der Waals surface area contributed by atoms with Crippen LogP contribution in [-0.2, 0) is 11.3 Å². The van der Waals surface area contributed by atoms with Crippen LogP contribution in [-0.4, -0.2) is 25.5 Å². The largest absolute Gasteiger partial charge is 0.493 e. The minimum Gasteiger partial charge on any atom is -0.493 e. The lowest BCUT2D eigenvalue weighted by Crippen LogP contribution is -2.14. The van der Waals surface area contributed by atoms with Gasteiger partial charge in [-0.3, -0.25) is 4.79 Å². The molecule has 1 amide bonds. The molecule has 0 spiro atoms. The smallest absolute Gasteiger partial charge is 0.269 e. The van der Waals surface area contributed by atoms with Crippen molar-refractivity contribution in [2.45, 2.75) is 13.5 Å². The van der Waals surface area contributed by atoms with Gasteiger partial charge in [-0.25, -0.2) is 4.98 Å². The van der Waals surface area contributed by atoms with Crippen LogP contribution in [0.3, 0.4) is 0 Å². The van der Waals surface area contributed by atoms with E-state index in [9.17, 15) is 9.90 Å². The van der Waals surface area contributed by atoms with Crippen LogP contribution < -0.4 is 0 Å². The molecule has 0 aliphatic rings.